The molecular formula is C10H13N5O3. The summed E-state index contributed by atoms with van der Waals surface area (Å²) in [5, 5.41) is 20.7. The summed E-state index contributed by atoms with van der Waals surface area (Å²) in [4.78, 5) is 22.1. The van der Waals surface area contributed by atoms with Gasteiger partial charge in [0.05, 0.1) is 25.6 Å². The number of fused-ring (bicyclic) bond motifs is 1. The lowest BCUT2D eigenvalue weighted by Crippen LogP contribution is -2.32. The third-order valence-electron chi connectivity index (χ3n) is 3.25. The molecule has 3 rings (SSSR count). The number of nitrogens with one attached hydrogen (secondary N) is 1. The summed E-state index contributed by atoms with van der Waals surface area (Å²) in [7, 11) is 0. The van der Waals surface area contributed by atoms with Crippen LogP contribution in [0.4, 0.5) is 0 Å². The molecule has 0 unspecified atom stereocenters. The van der Waals surface area contributed by atoms with Crippen molar-refractivity contribution in [2.24, 2.45) is 5.92 Å². The van der Waals surface area contributed by atoms with Gasteiger partial charge in [-0.1, -0.05) is 0 Å². The van der Waals surface area contributed by atoms with Crippen LogP contribution in [0.1, 0.15) is 0 Å². The number of hydrogen-bond donors (Lipinski definition) is 3. The third-order valence-corrected chi connectivity index (χ3v) is 3.25. The van der Waals surface area contributed by atoms with Crippen LogP contribution in [0.2, 0.25) is 0 Å². The highest BCUT2D eigenvalue weighted by Gasteiger charge is 2.32. The predicted octanol–water partition coefficient (Wildman–Crippen LogP) is -1.96. The molecule has 0 spiro atoms. The Morgan fingerprint density at radius 3 is 3.00 bits per heavy atom. The molecule has 1 aliphatic rings. The van der Waals surface area contributed by atoms with Gasteiger partial charge in [-0.15, -0.1) is 0 Å². The Morgan fingerprint density at radius 1 is 1.44 bits per heavy atom. The van der Waals surface area contributed by atoms with Gasteiger partial charge in [-0.25, -0.2) is 14.6 Å². The average molecular weight is 251 g/mol. The van der Waals surface area contributed by atoms with Gasteiger partial charge in [-0.3, -0.25) is 4.79 Å². The second-order valence-electron chi connectivity index (χ2n) is 4.37. The molecule has 1 fully saturated rings. The van der Waals surface area contributed by atoms with Gasteiger partial charge in [-0.2, -0.15) is 0 Å². The number of β-amino-alcohol motifs (C(OH)–C–C–N with tert-alkyl or cyclic N) is 1. The fraction of sp³-hybridized carbons (Fsp3) is 0.500. The minimum atomic E-state index is -0.588. The summed E-state index contributed by atoms with van der Waals surface area (Å²) in [6.45, 7) is 0.807. The van der Waals surface area contributed by atoms with Crippen LogP contribution in [-0.2, 0) is 0 Å². The number of rotatable bonds is 2. The standard InChI is InChI=1S/C10H13N5O3/c16-3-6-1-14(2-7(6)17)15-5-13-8-9(15)11-4-12-10(8)18/h4-7,16-17H,1-3H2,(H,11,12,18)/t6-,7+/m1/s1. The van der Waals surface area contributed by atoms with Crippen LogP contribution < -0.4 is 10.6 Å². The lowest BCUT2D eigenvalue weighted by atomic mass is 10.1. The fourth-order valence-corrected chi connectivity index (χ4v) is 2.23. The second kappa shape index (κ2) is 4.07. The van der Waals surface area contributed by atoms with Gasteiger partial charge in [0.1, 0.15) is 6.33 Å². The van der Waals surface area contributed by atoms with Gasteiger partial charge in [0.25, 0.3) is 5.56 Å². The molecule has 3 heterocycles. The van der Waals surface area contributed by atoms with Crippen molar-refractivity contribution in [3.8, 4) is 0 Å². The van der Waals surface area contributed by atoms with Gasteiger partial charge < -0.3 is 20.2 Å². The zero-order chi connectivity index (χ0) is 12.7. The molecule has 2 atom stereocenters. The van der Waals surface area contributed by atoms with Crippen LogP contribution in [0.5, 0.6) is 0 Å². The maximum Gasteiger partial charge on any atom is 0.278 e. The van der Waals surface area contributed by atoms with Crippen LogP contribution in [0.25, 0.3) is 11.2 Å². The van der Waals surface area contributed by atoms with Crippen molar-refractivity contribution in [1.29, 1.82) is 0 Å². The van der Waals surface area contributed by atoms with E-state index in [0.717, 1.165) is 0 Å². The summed E-state index contributed by atoms with van der Waals surface area (Å²) in [6.07, 6.45) is 2.23. The zero-order valence-corrected chi connectivity index (χ0v) is 9.52. The number of aliphatic hydroxyl groups excluding tert-OH is 2. The van der Waals surface area contributed by atoms with E-state index in [4.69, 9.17) is 5.11 Å². The highest BCUT2D eigenvalue weighted by atomic mass is 16.3. The first kappa shape index (κ1) is 11.2. The topological polar surface area (TPSA) is 107 Å². The smallest absolute Gasteiger partial charge is 0.278 e. The first-order valence-corrected chi connectivity index (χ1v) is 5.65. The van der Waals surface area contributed by atoms with Crippen molar-refractivity contribution >= 4 is 11.2 Å². The molecule has 18 heavy (non-hydrogen) atoms. The molecule has 1 saturated heterocycles. The summed E-state index contributed by atoms with van der Waals surface area (Å²) in [5.41, 5.74) is 0.418. The first-order chi connectivity index (χ1) is 8.70. The zero-order valence-electron chi connectivity index (χ0n) is 9.52. The Hall–Kier alpha value is -1.93. The van der Waals surface area contributed by atoms with E-state index in [1.165, 1.54) is 12.7 Å². The number of aliphatic hydroxyl groups is 2. The molecular weight excluding hydrogens is 238 g/mol. The maximum atomic E-state index is 11.5. The van der Waals surface area contributed by atoms with Crippen molar-refractivity contribution in [3.05, 3.63) is 23.0 Å². The molecule has 0 aromatic carbocycles. The summed E-state index contributed by atoms with van der Waals surface area (Å²) in [6, 6.07) is 0. The van der Waals surface area contributed by atoms with E-state index < -0.39 is 6.10 Å². The molecule has 3 N–H and O–H groups in total. The third kappa shape index (κ3) is 1.57. The molecule has 0 bridgehead atoms. The van der Waals surface area contributed by atoms with E-state index >= 15 is 0 Å². The van der Waals surface area contributed by atoms with Crippen LogP contribution in [-0.4, -0.2) is 55.6 Å². The predicted molar refractivity (Wildman–Crippen MR) is 62.7 cm³/mol. The first-order valence-electron chi connectivity index (χ1n) is 5.65. The number of hydrogen-bond acceptors (Lipinski definition) is 6. The highest BCUT2D eigenvalue weighted by Crippen LogP contribution is 2.17. The van der Waals surface area contributed by atoms with E-state index in [9.17, 15) is 9.90 Å². The lowest BCUT2D eigenvalue weighted by Gasteiger charge is -2.19. The SMILES string of the molecule is O=c1[nH]cnc2c1ncn2N1C[C@H](CO)[C@@H](O)C1. The summed E-state index contributed by atoms with van der Waals surface area (Å²) >= 11 is 0. The van der Waals surface area contributed by atoms with Crippen molar-refractivity contribution in [2.45, 2.75) is 6.10 Å². The molecule has 8 nitrogen and oxygen atoms in total. The van der Waals surface area contributed by atoms with Crippen molar-refractivity contribution in [3.63, 3.8) is 0 Å². The molecule has 8 heteroatoms. The number of nitrogens with zero attached hydrogens (tertiary/aromatic N) is 4. The molecule has 0 aliphatic carbocycles. The lowest BCUT2D eigenvalue weighted by molar-refractivity contribution is 0.104. The Morgan fingerprint density at radius 2 is 2.28 bits per heavy atom. The fourth-order valence-electron chi connectivity index (χ4n) is 2.23. The van der Waals surface area contributed by atoms with E-state index in [0.29, 0.717) is 18.7 Å². The largest absolute Gasteiger partial charge is 0.396 e. The number of aromatic nitrogens is 4. The molecule has 2 aromatic rings. The molecule has 0 saturated carbocycles. The van der Waals surface area contributed by atoms with Gasteiger partial charge in [-0.05, 0) is 0 Å². The Bertz CT molecular complexity index is 621. The van der Waals surface area contributed by atoms with Gasteiger partial charge >= 0.3 is 0 Å². The highest BCUT2D eigenvalue weighted by molar-refractivity contribution is 5.69. The normalized spacial score (nSPS) is 24.0. The minimum absolute atomic E-state index is 0.0711. The Balaban J connectivity index is 2.01. The second-order valence-corrected chi connectivity index (χ2v) is 4.37. The molecule has 96 valence electrons. The monoisotopic (exact) mass is 251 g/mol. The van der Waals surface area contributed by atoms with E-state index in [-0.39, 0.29) is 23.6 Å². The molecule has 0 amide bonds. The number of imidazole rings is 1. The van der Waals surface area contributed by atoms with E-state index in [1.54, 1.807) is 4.68 Å². The summed E-state index contributed by atoms with van der Waals surface area (Å²) in [5.74, 6) is -0.190. The quantitative estimate of drug-likeness (QED) is 0.572. The van der Waals surface area contributed by atoms with Gasteiger partial charge in [0.15, 0.2) is 11.2 Å². The van der Waals surface area contributed by atoms with Crippen molar-refractivity contribution in [2.75, 3.05) is 24.7 Å². The number of aromatic amines is 1. The average Bonchev–Trinajstić information content (AvgIpc) is 2.93. The van der Waals surface area contributed by atoms with Gasteiger partial charge in [0, 0.05) is 12.5 Å². The molecule has 0 radical (unpaired) electrons. The Kier molecular flexibility index (Phi) is 2.53. The van der Waals surface area contributed by atoms with Crippen LogP contribution in [0.3, 0.4) is 0 Å². The van der Waals surface area contributed by atoms with E-state index in [2.05, 4.69) is 15.0 Å². The Labute approximate surface area is 101 Å². The van der Waals surface area contributed by atoms with Crippen molar-refractivity contribution in [1.82, 2.24) is 19.6 Å². The molecule has 1 aliphatic heterocycles. The summed E-state index contributed by atoms with van der Waals surface area (Å²) < 4.78 is 1.64. The van der Waals surface area contributed by atoms with E-state index in [1.807, 2.05) is 5.01 Å². The van der Waals surface area contributed by atoms with Crippen LogP contribution in [0.15, 0.2) is 17.4 Å². The number of H-pyrrole nitrogens is 1. The van der Waals surface area contributed by atoms with Crippen LogP contribution in [0, 0.1) is 5.92 Å². The van der Waals surface area contributed by atoms with Crippen molar-refractivity contribution < 1.29 is 10.2 Å². The molecule has 2 aromatic heterocycles. The van der Waals surface area contributed by atoms with Crippen LogP contribution >= 0.6 is 0 Å². The maximum absolute atomic E-state index is 11.5. The van der Waals surface area contributed by atoms with Gasteiger partial charge in [0.2, 0.25) is 0 Å². The minimum Gasteiger partial charge on any atom is -0.396 e.